The largest absolute Gasteiger partial charge is 0.370 e. The predicted molar refractivity (Wildman–Crippen MR) is 51.8 cm³/mol. The van der Waals surface area contributed by atoms with Gasteiger partial charge in [-0.05, 0) is 6.07 Å². The molecule has 0 atom stereocenters. The van der Waals surface area contributed by atoms with E-state index in [2.05, 4.69) is 0 Å². The van der Waals surface area contributed by atoms with Crippen LogP contribution in [0.25, 0.3) is 0 Å². The van der Waals surface area contributed by atoms with Gasteiger partial charge in [-0.2, -0.15) is 0 Å². The van der Waals surface area contributed by atoms with Crippen LogP contribution in [0.2, 0.25) is 0 Å². The highest BCUT2D eigenvalue weighted by molar-refractivity contribution is 5.45. The van der Waals surface area contributed by atoms with E-state index in [0.29, 0.717) is 13.1 Å². The predicted octanol–water partition coefficient (Wildman–Crippen LogP) is 2.26. The van der Waals surface area contributed by atoms with Gasteiger partial charge in [-0.1, -0.05) is 0 Å². The van der Waals surface area contributed by atoms with Crippen molar-refractivity contribution in [3.05, 3.63) is 18.5 Å². The van der Waals surface area contributed by atoms with Gasteiger partial charge >= 0.3 is 0 Å². The maximum absolute atomic E-state index is 12.9. The van der Waals surface area contributed by atoms with Gasteiger partial charge in [0.25, 0.3) is 5.92 Å². The highest BCUT2D eigenvalue weighted by Gasteiger charge is 2.34. The van der Waals surface area contributed by atoms with Crippen LogP contribution in [-0.2, 0) is 7.05 Å². The molecular formula is C10H14F2N2. The molecule has 0 unspecified atom stereocenters. The lowest BCUT2D eigenvalue weighted by molar-refractivity contribution is -0.0220. The summed E-state index contributed by atoms with van der Waals surface area (Å²) in [6, 6.07) is 1.96. The zero-order chi connectivity index (χ0) is 10.2. The topological polar surface area (TPSA) is 8.17 Å². The van der Waals surface area contributed by atoms with E-state index in [9.17, 15) is 8.78 Å². The van der Waals surface area contributed by atoms with Crippen LogP contribution in [0, 0.1) is 0 Å². The summed E-state index contributed by atoms with van der Waals surface area (Å²) < 4.78 is 27.7. The number of piperidine rings is 1. The van der Waals surface area contributed by atoms with Crippen LogP contribution in [-0.4, -0.2) is 23.6 Å². The Bertz CT molecular complexity index is 310. The third kappa shape index (κ3) is 1.89. The van der Waals surface area contributed by atoms with Gasteiger partial charge < -0.3 is 9.47 Å². The Hall–Kier alpha value is -1.06. The van der Waals surface area contributed by atoms with E-state index in [-0.39, 0.29) is 12.8 Å². The van der Waals surface area contributed by atoms with E-state index < -0.39 is 5.92 Å². The van der Waals surface area contributed by atoms with Gasteiger partial charge in [0.2, 0.25) is 0 Å². The summed E-state index contributed by atoms with van der Waals surface area (Å²) in [5.74, 6) is -2.45. The maximum Gasteiger partial charge on any atom is 0.251 e. The van der Waals surface area contributed by atoms with Crippen LogP contribution in [0.15, 0.2) is 18.5 Å². The molecule has 1 aromatic rings. The van der Waals surface area contributed by atoms with Crippen molar-refractivity contribution in [1.82, 2.24) is 4.57 Å². The molecule has 0 aliphatic carbocycles. The summed E-state index contributed by atoms with van der Waals surface area (Å²) >= 11 is 0. The minimum atomic E-state index is -2.45. The lowest BCUT2D eigenvalue weighted by Gasteiger charge is -2.32. The van der Waals surface area contributed by atoms with Crippen molar-refractivity contribution in [3.63, 3.8) is 0 Å². The minimum Gasteiger partial charge on any atom is -0.370 e. The average molecular weight is 200 g/mol. The molecule has 2 rings (SSSR count). The average Bonchev–Trinajstić information content (AvgIpc) is 2.52. The molecule has 0 bridgehead atoms. The molecule has 1 fully saturated rings. The van der Waals surface area contributed by atoms with Crippen LogP contribution in [0.3, 0.4) is 0 Å². The molecule has 2 heterocycles. The number of hydrogen-bond donors (Lipinski definition) is 0. The fourth-order valence-electron chi connectivity index (χ4n) is 1.77. The maximum atomic E-state index is 12.9. The van der Waals surface area contributed by atoms with Gasteiger partial charge in [0.1, 0.15) is 0 Å². The quantitative estimate of drug-likeness (QED) is 0.675. The van der Waals surface area contributed by atoms with Crippen LogP contribution >= 0.6 is 0 Å². The number of aromatic nitrogens is 1. The van der Waals surface area contributed by atoms with E-state index in [1.54, 1.807) is 0 Å². The van der Waals surface area contributed by atoms with E-state index in [1.807, 2.05) is 35.0 Å². The molecule has 2 nitrogen and oxygen atoms in total. The fraction of sp³-hybridized carbons (Fsp3) is 0.600. The number of aryl methyl sites for hydroxylation is 1. The van der Waals surface area contributed by atoms with Gasteiger partial charge in [-0.25, -0.2) is 8.78 Å². The molecule has 0 N–H and O–H groups in total. The Morgan fingerprint density at radius 1 is 1.29 bits per heavy atom. The molecule has 78 valence electrons. The lowest BCUT2D eigenvalue weighted by atomic mass is 10.1. The first-order valence-corrected chi connectivity index (χ1v) is 4.82. The molecule has 0 radical (unpaired) electrons. The first kappa shape index (κ1) is 9.49. The lowest BCUT2D eigenvalue weighted by Crippen LogP contribution is -2.39. The monoisotopic (exact) mass is 200 g/mol. The molecule has 1 aromatic heterocycles. The zero-order valence-electron chi connectivity index (χ0n) is 8.21. The summed E-state index contributed by atoms with van der Waals surface area (Å²) in [4.78, 5) is 2.01. The summed E-state index contributed by atoms with van der Waals surface area (Å²) in [6.07, 6.45) is 3.84. The van der Waals surface area contributed by atoms with Gasteiger partial charge in [0, 0.05) is 45.4 Å². The summed E-state index contributed by atoms with van der Waals surface area (Å²) in [5, 5.41) is 0. The van der Waals surface area contributed by atoms with Gasteiger partial charge in [0.15, 0.2) is 0 Å². The smallest absolute Gasteiger partial charge is 0.251 e. The van der Waals surface area contributed by atoms with Crippen molar-refractivity contribution in [1.29, 1.82) is 0 Å². The van der Waals surface area contributed by atoms with E-state index in [0.717, 1.165) is 5.69 Å². The molecule has 0 saturated carbocycles. The number of rotatable bonds is 1. The van der Waals surface area contributed by atoms with Gasteiger partial charge in [-0.15, -0.1) is 0 Å². The molecule has 14 heavy (non-hydrogen) atoms. The Labute approximate surface area is 82.1 Å². The summed E-state index contributed by atoms with van der Waals surface area (Å²) in [5.41, 5.74) is 1.04. The molecule has 4 heteroatoms. The Balaban J connectivity index is 2.02. The molecular weight excluding hydrogens is 186 g/mol. The van der Waals surface area contributed by atoms with Crippen LogP contribution in [0.4, 0.5) is 14.5 Å². The summed E-state index contributed by atoms with van der Waals surface area (Å²) in [7, 11) is 1.93. The molecule has 1 saturated heterocycles. The number of halogens is 2. The van der Waals surface area contributed by atoms with Crippen molar-refractivity contribution >= 4 is 5.69 Å². The first-order valence-electron chi connectivity index (χ1n) is 4.82. The Morgan fingerprint density at radius 2 is 1.93 bits per heavy atom. The third-order valence-electron chi connectivity index (χ3n) is 2.68. The van der Waals surface area contributed by atoms with Crippen molar-refractivity contribution < 1.29 is 8.78 Å². The number of hydrogen-bond acceptors (Lipinski definition) is 1. The SMILES string of the molecule is Cn1ccc(N2CCC(F)(F)CC2)c1. The number of alkyl halides is 2. The van der Waals surface area contributed by atoms with Crippen molar-refractivity contribution in [2.24, 2.45) is 7.05 Å². The second-order valence-electron chi connectivity index (χ2n) is 3.88. The molecule has 0 spiro atoms. The van der Waals surface area contributed by atoms with Gasteiger partial charge in [-0.3, -0.25) is 0 Å². The minimum absolute atomic E-state index is 0.0259. The second-order valence-corrected chi connectivity index (χ2v) is 3.88. The zero-order valence-corrected chi connectivity index (χ0v) is 8.21. The van der Waals surface area contributed by atoms with Crippen molar-refractivity contribution in [2.75, 3.05) is 18.0 Å². The molecule has 0 aromatic carbocycles. The highest BCUT2D eigenvalue weighted by atomic mass is 19.3. The Morgan fingerprint density at radius 3 is 2.43 bits per heavy atom. The molecule has 0 amide bonds. The van der Waals surface area contributed by atoms with Crippen LogP contribution in [0.5, 0.6) is 0 Å². The second kappa shape index (κ2) is 3.26. The highest BCUT2D eigenvalue weighted by Crippen LogP contribution is 2.30. The summed E-state index contributed by atoms with van der Waals surface area (Å²) in [6.45, 7) is 0.911. The molecule has 1 aliphatic heterocycles. The van der Waals surface area contributed by atoms with E-state index in [4.69, 9.17) is 0 Å². The van der Waals surface area contributed by atoms with Crippen LogP contribution in [0.1, 0.15) is 12.8 Å². The third-order valence-corrected chi connectivity index (χ3v) is 2.68. The normalized spacial score (nSPS) is 21.2. The fourth-order valence-corrected chi connectivity index (χ4v) is 1.77. The van der Waals surface area contributed by atoms with E-state index in [1.165, 1.54) is 0 Å². The molecule has 1 aliphatic rings. The number of anilines is 1. The van der Waals surface area contributed by atoms with Gasteiger partial charge in [0.05, 0.1) is 5.69 Å². The Kier molecular flexibility index (Phi) is 2.21. The number of nitrogens with zero attached hydrogens (tertiary/aromatic N) is 2. The van der Waals surface area contributed by atoms with Crippen LogP contribution < -0.4 is 4.90 Å². The standard InChI is InChI=1S/C10H14F2N2/c1-13-5-2-9(8-13)14-6-3-10(11,12)4-7-14/h2,5,8H,3-4,6-7H2,1H3. The van der Waals surface area contributed by atoms with Crippen molar-refractivity contribution in [3.8, 4) is 0 Å². The first-order chi connectivity index (χ1) is 6.57. The van der Waals surface area contributed by atoms with E-state index >= 15 is 0 Å². The van der Waals surface area contributed by atoms with Crippen molar-refractivity contribution in [2.45, 2.75) is 18.8 Å².